The molecule has 21 heavy (non-hydrogen) atoms. The molecule has 0 fully saturated rings. The summed E-state index contributed by atoms with van der Waals surface area (Å²) in [5.41, 5.74) is 0.529. The van der Waals surface area contributed by atoms with E-state index in [4.69, 9.17) is 11.6 Å². The zero-order valence-corrected chi connectivity index (χ0v) is 11.7. The highest BCUT2D eigenvalue weighted by Gasteiger charge is 2.16. The van der Waals surface area contributed by atoms with Crippen LogP contribution in [0.2, 0.25) is 5.02 Å². The Morgan fingerprint density at radius 2 is 2.10 bits per heavy atom. The average molecular weight is 306 g/mol. The van der Waals surface area contributed by atoms with Crippen LogP contribution in [0.15, 0.2) is 43.1 Å². The lowest BCUT2D eigenvalue weighted by molar-refractivity contribution is -0.384. The molecular formula is C13H12ClN5O2. The highest BCUT2D eigenvalue weighted by molar-refractivity contribution is 6.30. The van der Waals surface area contributed by atoms with Crippen molar-refractivity contribution in [2.75, 3.05) is 17.2 Å². The van der Waals surface area contributed by atoms with Gasteiger partial charge in [-0.1, -0.05) is 17.7 Å². The Morgan fingerprint density at radius 1 is 1.38 bits per heavy atom. The topological polar surface area (TPSA) is 93.0 Å². The molecule has 0 saturated carbocycles. The Balaban J connectivity index is 2.25. The second-order valence-electron chi connectivity index (χ2n) is 3.99. The van der Waals surface area contributed by atoms with Gasteiger partial charge in [-0.15, -0.1) is 6.58 Å². The largest absolute Gasteiger partial charge is 0.361 e. The number of nitrogens with one attached hydrogen (secondary N) is 2. The Kier molecular flexibility index (Phi) is 4.68. The van der Waals surface area contributed by atoms with Crippen LogP contribution >= 0.6 is 11.6 Å². The summed E-state index contributed by atoms with van der Waals surface area (Å²) >= 11 is 5.80. The van der Waals surface area contributed by atoms with Gasteiger partial charge in [-0.05, 0) is 24.3 Å². The SMILES string of the molecule is C=CCNc1nc(Nc2ccc(Cl)cc2)ncc1[N+](=O)[O-]. The van der Waals surface area contributed by atoms with Crippen molar-refractivity contribution in [1.29, 1.82) is 0 Å². The summed E-state index contributed by atoms with van der Waals surface area (Å²) in [5.74, 6) is 0.376. The predicted molar refractivity (Wildman–Crippen MR) is 82.1 cm³/mol. The summed E-state index contributed by atoms with van der Waals surface area (Å²) in [6, 6.07) is 6.94. The summed E-state index contributed by atoms with van der Waals surface area (Å²) in [6.07, 6.45) is 2.73. The van der Waals surface area contributed by atoms with E-state index < -0.39 is 4.92 Å². The lowest BCUT2D eigenvalue weighted by atomic mass is 10.3. The summed E-state index contributed by atoms with van der Waals surface area (Å²) < 4.78 is 0. The first-order chi connectivity index (χ1) is 10.1. The van der Waals surface area contributed by atoms with E-state index in [9.17, 15) is 10.1 Å². The van der Waals surface area contributed by atoms with Gasteiger partial charge in [0.05, 0.1) is 4.92 Å². The van der Waals surface area contributed by atoms with Gasteiger partial charge in [0.25, 0.3) is 0 Å². The first-order valence-corrected chi connectivity index (χ1v) is 6.36. The molecule has 0 atom stereocenters. The Hall–Kier alpha value is -2.67. The molecule has 0 aliphatic rings. The summed E-state index contributed by atoms with van der Waals surface area (Å²) in [5, 5.41) is 17.3. The molecule has 0 radical (unpaired) electrons. The Morgan fingerprint density at radius 3 is 2.71 bits per heavy atom. The second-order valence-corrected chi connectivity index (χ2v) is 4.42. The Bertz CT molecular complexity index is 660. The maximum atomic E-state index is 10.9. The summed E-state index contributed by atoms with van der Waals surface area (Å²) in [7, 11) is 0. The van der Waals surface area contributed by atoms with E-state index in [0.717, 1.165) is 11.9 Å². The van der Waals surface area contributed by atoms with E-state index in [0.29, 0.717) is 11.6 Å². The maximum Gasteiger partial charge on any atom is 0.329 e. The first-order valence-electron chi connectivity index (χ1n) is 5.99. The third kappa shape index (κ3) is 3.90. The molecule has 7 nitrogen and oxygen atoms in total. The number of hydrogen-bond acceptors (Lipinski definition) is 6. The van der Waals surface area contributed by atoms with Gasteiger partial charge in [-0.2, -0.15) is 4.98 Å². The minimum atomic E-state index is -0.544. The molecule has 1 aromatic heterocycles. The molecule has 0 aliphatic carbocycles. The molecule has 2 aromatic rings. The normalized spacial score (nSPS) is 9.95. The number of benzene rings is 1. The lowest BCUT2D eigenvalue weighted by Crippen LogP contribution is -2.07. The second kappa shape index (κ2) is 6.67. The molecule has 0 spiro atoms. The number of nitro groups is 1. The van der Waals surface area contributed by atoms with Crippen LogP contribution in [-0.2, 0) is 0 Å². The van der Waals surface area contributed by atoms with E-state index in [1.54, 1.807) is 30.3 Å². The zero-order chi connectivity index (χ0) is 15.2. The van der Waals surface area contributed by atoms with Crippen molar-refractivity contribution in [3.8, 4) is 0 Å². The minimum absolute atomic E-state index is 0.131. The maximum absolute atomic E-state index is 10.9. The van der Waals surface area contributed by atoms with E-state index in [1.165, 1.54) is 0 Å². The van der Waals surface area contributed by atoms with Gasteiger partial charge in [-0.3, -0.25) is 10.1 Å². The van der Waals surface area contributed by atoms with E-state index in [-0.39, 0.29) is 17.5 Å². The third-order valence-electron chi connectivity index (χ3n) is 2.48. The lowest BCUT2D eigenvalue weighted by Gasteiger charge is -2.08. The van der Waals surface area contributed by atoms with Crippen LogP contribution in [-0.4, -0.2) is 21.4 Å². The molecule has 0 unspecified atom stereocenters. The molecular weight excluding hydrogens is 294 g/mol. The number of anilines is 3. The third-order valence-corrected chi connectivity index (χ3v) is 2.73. The van der Waals surface area contributed by atoms with Crippen molar-refractivity contribution >= 4 is 34.7 Å². The van der Waals surface area contributed by atoms with Gasteiger partial charge in [0.15, 0.2) is 0 Å². The number of nitrogens with zero attached hydrogens (tertiary/aromatic N) is 3. The van der Waals surface area contributed by atoms with Crippen molar-refractivity contribution in [3.05, 3.63) is 58.3 Å². The molecule has 108 valence electrons. The van der Waals surface area contributed by atoms with Crippen molar-refractivity contribution < 1.29 is 4.92 Å². The van der Waals surface area contributed by atoms with Crippen LogP contribution in [0, 0.1) is 10.1 Å². The van der Waals surface area contributed by atoms with Crippen LogP contribution in [0.5, 0.6) is 0 Å². The van der Waals surface area contributed by atoms with Gasteiger partial charge in [0.1, 0.15) is 6.20 Å². The van der Waals surface area contributed by atoms with Crippen LogP contribution in [0.3, 0.4) is 0 Å². The average Bonchev–Trinajstić information content (AvgIpc) is 2.47. The van der Waals surface area contributed by atoms with Crippen molar-refractivity contribution in [2.24, 2.45) is 0 Å². The first kappa shape index (κ1) is 14.7. The fourth-order valence-corrected chi connectivity index (χ4v) is 1.66. The fourth-order valence-electron chi connectivity index (χ4n) is 1.53. The molecule has 0 bridgehead atoms. The zero-order valence-electron chi connectivity index (χ0n) is 10.9. The van der Waals surface area contributed by atoms with E-state index in [1.807, 2.05) is 0 Å². The smallest absolute Gasteiger partial charge is 0.329 e. The van der Waals surface area contributed by atoms with Crippen LogP contribution in [0.1, 0.15) is 0 Å². The van der Waals surface area contributed by atoms with Gasteiger partial charge in [0.2, 0.25) is 11.8 Å². The molecule has 0 aliphatic heterocycles. The van der Waals surface area contributed by atoms with Gasteiger partial charge in [0, 0.05) is 17.3 Å². The molecule has 0 amide bonds. The highest BCUT2D eigenvalue weighted by atomic mass is 35.5. The van der Waals surface area contributed by atoms with Crippen molar-refractivity contribution in [2.45, 2.75) is 0 Å². The number of halogens is 1. The molecule has 8 heteroatoms. The van der Waals surface area contributed by atoms with Gasteiger partial charge >= 0.3 is 5.69 Å². The van der Waals surface area contributed by atoms with Gasteiger partial charge in [-0.25, -0.2) is 4.98 Å². The molecule has 2 N–H and O–H groups in total. The van der Waals surface area contributed by atoms with Crippen LogP contribution in [0.4, 0.5) is 23.1 Å². The predicted octanol–water partition coefficient (Wildman–Crippen LogP) is 3.38. The minimum Gasteiger partial charge on any atom is -0.361 e. The number of rotatable bonds is 6. The molecule has 0 saturated heterocycles. The molecule has 1 aromatic carbocycles. The van der Waals surface area contributed by atoms with Crippen molar-refractivity contribution in [3.63, 3.8) is 0 Å². The number of hydrogen-bond donors (Lipinski definition) is 2. The van der Waals surface area contributed by atoms with Crippen LogP contribution in [0.25, 0.3) is 0 Å². The monoisotopic (exact) mass is 305 g/mol. The van der Waals surface area contributed by atoms with Gasteiger partial charge < -0.3 is 10.6 Å². The van der Waals surface area contributed by atoms with Crippen molar-refractivity contribution in [1.82, 2.24) is 9.97 Å². The molecule has 2 rings (SSSR count). The van der Waals surface area contributed by atoms with Crippen LogP contribution < -0.4 is 10.6 Å². The Labute approximate surface area is 125 Å². The number of aromatic nitrogens is 2. The standard InChI is InChI=1S/C13H12ClN5O2/c1-2-7-15-12-11(19(20)21)8-16-13(18-12)17-10-5-3-9(14)4-6-10/h2-6,8H,1,7H2,(H2,15,16,17,18). The quantitative estimate of drug-likeness (QED) is 0.483. The highest BCUT2D eigenvalue weighted by Crippen LogP contribution is 2.23. The van der Waals surface area contributed by atoms with E-state index >= 15 is 0 Å². The van der Waals surface area contributed by atoms with E-state index in [2.05, 4.69) is 27.2 Å². The fraction of sp³-hybridized carbons (Fsp3) is 0.0769. The summed E-state index contributed by atoms with van der Waals surface area (Å²) in [4.78, 5) is 18.4. The summed E-state index contributed by atoms with van der Waals surface area (Å²) in [6.45, 7) is 3.90. The molecule has 1 heterocycles.